The van der Waals surface area contributed by atoms with Gasteiger partial charge in [-0.25, -0.2) is 0 Å². The van der Waals surface area contributed by atoms with Gasteiger partial charge in [0.1, 0.15) is 48.8 Å². The van der Waals surface area contributed by atoms with Crippen LogP contribution in [0.5, 0.6) is 0 Å². The van der Waals surface area contributed by atoms with Crippen LogP contribution >= 0.6 is 0 Å². The number of carbonyl (C=O) groups is 1. The molecule has 0 radical (unpaired) electrons. The molecule has 2 rings (SSSR count). The average Bonchev–Trinajstić information content (AvgIpc) is 0.852. The summed E-state index contributed by atoms with van der Waals surface area (Å²) in [5.74, 6) is -0.245. The Labute approximate surface area is 570 Å². The van der Waals surface area contributed by atoms with Crippen LogP contribution in [0.3, 0.4) is 0 Å². The van der Waals surface area contributed by atoms with Crippen molar-refractivity contribution in [3.05, 3.63) is 36.5 Å². The summed E-state index contributed by atoms with van der Waals surface area (Å²) in [7, 11) is 0. The topological polar surface area (TPSA) is 228 Å². The van der Waals surface area contributed by atoms with E-state index in [0.29, 0.717) is 12.8 Å². The minimum absolute atomic E-state index is 0.245. The van der Waals surface area contributed by atoms with Crippen LogP contribution in [0.2, 0.25) is 0 Å². The number of hydrogen-bond donors (Lipinski definition) is 9. The van der Waals surface area contributed by atoms with Gasteiger partial charge in [0.15, 0.2) is 12.6 Å². The normalized spacial score (nSPS) is 22.7. The Balaban J connectivity index is 1.61. The fourth-order valence-electron chi connectivity index (χ4n) is 13.3. The number of aliphatic hydroxyl groups excluding tert-OH is 8. The molecule has 0 aliphatic carbocycles. The lowest BCUT2D eigenvalue weighted by atomic mass is 9.97. The predicted molar refractivity (Wildman–Crippen MR) is 383 cm³/mol. The molecule has 2 aliphatic heterocycles. The minimum Gasteiger partial charge on any atom is -0.394 e. The molecule has 2 aliphatic rings. The van der Waals surface area contributed by atoms with Crippen LogP contribution in [0, 0.1) is 0 Å². The molecule has 14 heteroatoms. The molecular weight excluding hydrogens is 1170 g/mol. The lowest BCUT2D eigenvalue weighted by molar-refractivity contribution is -0.359. The second kappa shape index (κ2) is 63.6. The van der Waals surface area contributed by atoms with Gasteiger partial charge in [-0.05, 0) is 44.9 Å². The molecule has 2 heterocycles. The second-order valence-corrected chi connectivity index (χ2v) is 28.2. The number of allylic oxidation sites excluding steroid dienone is 5. The second-order valence-electron chi connectivity index (χ2n) is 28.2. The van der Waals surface area contributed by atoms with Gasteiger partial charge in [-0.3, -0.25) is 4.79 Å². The first-order valence-electron chi connectivity index (χ1n) is 39.7. The van der Waals surface area contributed by atoms with Gasteiger partial charge in [0.2, 0.25) is 5.91 Å². The zero-order valence-corrected chi connectivity index (χ0v) is 60.0. The van der Waals surface area contributed by atoms with E-state index in [2.05, 4.69) is 43.5 Å². The van der Waals surface area contributed by atoms with E-state index in [1.54, 1.807) is 6.08 Å². The van der Waals surface area contributed by atoms with Gasteiger partial charge in [0.05, 0.1) is 32.0 Å². The highest BCUT2D eigenvalue weighted by atomic mass is 16.7. The molecule has 2 fully saturated rings. The molecule has 9 N–H and O–H groups in total. The lowest BCUT2D eigenvalue weighted by Crippen LogP contribution is -2.65. The Kier molecular flexibility index (Phi) is 59.7. The zero-order chi connectivity index (χ0) is 67.3. The van der Waals surface area contributed by atoms with Gasteiger partial charge in [-0.1, -0.05) is 352 Å². The van der Waals surface area contributed by atoms with Gasteiger partial charge in [-0.15, -0.1) is 0 Å². The molecule has 0 saturated carbocycles. The van der Waals surface area contributed by atoms with Gasteiger partial charge in [0.25, 0.3) is 0 Å². The number of aliphatic hydroxyl groups is 8. The number of rotatable bonds is 67. The molecule has 0 aromatic carbocycles. The van der Waals surface area contributed by atoms with Crippen LogP contribution < -0.4 is 5.32 Å². The summed E-state index contributed by atoms with van der Waals surface area (Å²) in [4.78, 5) is 13.4. The van der Waals surface area contributed by atoms with Crippen molar-refractivity contribution in [1.82, 2.24) is 5.32 Å². The number of amides is 1. The molecule has 12 atom stereocenters. The van der Waals surface area contributed by atoms with Crippen LogP contribution in [-0.4, -0.2) is 140 Å². The SMILES string of the molecule is CCCCCCCCCCCCCCC/C=C/CC/C=C/CC/C=C/C(O)C(COC1OC(CO)C(OC2OC(CO)C(O)C(O)C2O)C(O)C1O)NC(=O)CCCCCCCCCCCCCCCCCCCCCCCCCCCCCCCCCCCCCC. The average molecular weight is 1320 g/mol. The molecule has 2 saturated heterocycles. The van der Waals surface area contributed by atoms with E-state index in [9.17, 15) is 45.6 Å². The highest BCUT2D eigenvalue weighted by Gasteiger charge is 2.51. The van der Waals surface area contributed by atoms with E-state index >= 15 is 0 Å². The maximum Gasteiger partial charge on any atom is 0.220 e. The Hall–Kier alpha value is -1.79. The van der Waals surface area contributed by atoms with Gasteiger partial charge in [0, 0.05) is 6.42 Å². The van der Waals surface area contributed by atoms with Crippen molar-refractivity contribution in [3.63, 3.8) is 0 Å². The largest absolute Gasteiger partial charge is 0.394 e. The summed E-state index contributed by atoms with van der Waals surface area (Å²) in [6, 6.07) is -0.938. The molecule has 0 aromatic heterocycles. The smallest absolute Gasteiger partial charge is 0.220 e. The zero-order valence-electron chi connectivity index (χ0n) is 60.0. The van der Waals surface area contributed by atoms with Crippen molar-refractivity contribution in [2.45, 2.75) is 441 Å². The molecule has 14 nitrogen and oxygen atoms in total. The predicted octanol–water partition coefficient (Wildman–Crippen LogP) is 17.6. The first-order valence-corrected chi connectivity index (χ1v) is 39.7. The van der Waals surface area contributed by atoms with Crippen LogP contribution in [0.15, 0.2) is 36.5 Å². The molecule has 0 bridgehead atoms. The summed E-state index contributed by atoms with van der Waals surface area (Å²) >= 11 is 0. The molecule has 548 valence electrons. The van der Waals surface area contributed by atoms with Crippen molar-refractivity contribution in [1.29, 1.82) is 0 Å². The van der Waals surface area contributed by atoms with Crippen LogP contribution in [0.4, 0.5) is 0 Å². The molecule has 93 heavy (non-hydrogen) atoms. The number of hydrogen-bond acceptors (Lipinski definition) is 13. The van der Waals surface area contributed by atoms with E-state index in [1.165, 1.54) is 289 Å². The lowest BCUT2D eigenvalue weighted by Gasteiger charge is -2.46. The van der Waals surface area contributed by atoms with E-state index in [1.807, 2.05) is 6.08 Å². The quantitative estimate of drug-likeness (QED) is 0.0204. The summed E-state index contributed by atoms with van der Waals surface area (Å²) < 4.78 is 22.9. The van der Waals surface area contributed by atoms with Crippen LogP contribution in [0.1, 0.15) is 367 Å². The third kappa shape index (κ3) is 47.0. The maximum atomic E-state index is 13.4. The van der Waals surface area contributed by atoms with Gasteiger partial charge in [-0.2, -0.15) is 0 Å². The van der Waals surface area contributed by atoms with E-state index in [-0.39, 0.29) is 18.9 Å². The van der Waals surface area contributed by atoms with Crippen molar-refractivity contribution in [2.75, 3.05) is 19.8 Å². The number of carbonyl (C=O) groups excluding carboxylic acids is 1. The standard InChI is InChI=1S/C79H149NO13/c1-3-5-7-9-11-13-15-17-19-21-23-25-27-28-29-30-31-32-33-34-35-36-37-38-39-41-43-45-47-49-51-53-55-57-59-61-63-71(84)80-67(66-90-78-76(89)74(87)77(70(65-82)92-78)93-79-75(88)73(86)72(85)69(64-81)91-79)68(83)62-60-58-56-54-52-50-48-46-44-42-40-26-24-22-20-18-16-14-12-10-8-6-4-2/h44,46,52,54,60,62,67-70,72-79,81-83,85-89H,3-43,45,47-51,53,55-59,61,63-66H2,1-2H3,(H,80,84)/b46-44+,54-52+,62-60+. The van der Waals surface area contributed by atoms with Crippen molar-refractivity contribution in [2.24, 2.45) is 0 Å². The Morgan fingerprint density at radius 1 is 0.376 bits per heavy atom. The van der Waals surface area contributed by atoms with E-state index in [0.717, 1.165) is 44.9 Å². The fourth-order valence-corrected chi connectivity index (χ4v) is 13.3. The number of ether oxygens (including phenoxy) is 4. The number of nitrogens with one attached hydrogen (secondary N) is 1. The van der Waals surface area contributed by atoms with Gasteiger partial charge < -0.3 is 65.1 Å². The third-order valence-electron chi connectivity index (χ3n) is 19.6. The van der Waals surface area contributed by atoms with E-state index < -0.39 is 86.8 Å². The number of unbranched alkanes of at least 4 members (excludes halogenated alkanes) is 50. The van der Waals surface area contributed by atoms with Crippen molar-refractivity contribution < 1.29 is 64.6 Å². The highest BCUT2D eigenvalue weighted by Crippen LogP contribution is 2.30. The summed E-state index contributed by atoms with van der Waals surface area (Å²) in [6.07, 6.45) is 66.7. The summed E-state index contributed by atoms with van der Waals surface area (Å²) in [5, 5.41) is 87.5. The Bertz CT molecular complexity index is 1700. The summed E-state index contributed by atoms with van der Waals surface area (Å²) in [5.41, 5.74) is 0. The fraction of sp³-hybridized carbons (Fsp3) is 0.911. The Morgan fingerprint density at radius 2 is 0.688 bits per heavy atom. The Morgan fingerprint density at radius 3 is 1.05 bits per heavy atom. The summed E-state index contributed by atoms with van der Waals surface area (Å²) in [6.45, 7) is 2.84. The van der Waals surface area contributed by atoms with Crippen LogP contribution in [0.25, 0.3) is 0 Å². The molecule has 1 amide bonds. The molecule has 0 aromatic rings. The maximum absolute atomic E-state index is 13.4. The molecular formula is C79H149NO13. The highest BCUT2D eigenvalue weighted by molar-refractivity contribution is 5.76. The first-order chi connectivity index (χ1) is 45.6. The minimum atomic E-state index is -1.79. The van der Waals surface area contributed by atoms with E-state index in [4.69, 9.17) is 18.9 Å². The van der Waals surface area contributed by atoms with Crippen molar-refractivity contribution >= 4 is 5.91 Å². The van der Waals surface area contributed by atoms with Crippen molar-refractivity contribution in [3.8, 4) is 0 Å². The monoisotopic (exact) mass is 1320 g/mol. The first kappa shape index (κ1) is 87.3. The third-order valence-corrected chi connectivity index (χ3v) is 19.6. The molecule has 12 unspecified atom stereocenters. The van der Waals surface area contributed by atoms with Gasteiger partial charge >= 0.3 is 0 Å². The van der Waals surface area contributed by atoms with Crippen LogP contribution in [-0.2, 0) is 23.7 Å². The molecule has 0 spiro atoms.